The second kappa shape index (κ2) is 12.8. The lowest BCUT2D eigenvalue weighted by molar-refractivity contribution is -0.139. The number of carbonyl (C=O) groups excluding carboxylic acids is 1. The van der Waals surface area contributed by atoms with Gasteiger partial charge >= 0.3 is 12.2 Å². The first-order chi connectivity index (χ1) is 21.2. The van der Waals surface area contributed by atoms with E-state index in [9.17, 15) is 22.4 Å². The number of carbonyl (C=O) groups is 1. The molecule has 1 amide bonds. The number of halogens is 5. The molecule has 0 spiro atoms. The Balaban J connectivity index is 1.58. The van der Waals surface area contributed by atoms with E-state index in [1.165, 1.54) is 26.0 Å². The van der Waals surface area contributed by atoms with Crippen molar-refractivity contribution in [2.75, 3.05) is 44.7 Å². The Morgan fingerprint density at radius 2 is 1.89 bits per heavy atom. The second-order valence-corrected chi connectivity index (χ2v) is 12.8. The largest absolute Gasteiger partial charge is 0.462 e. The lowest BCUT2D eigenvalue weighted by Gasteiger charge is -2.42. The predicted octanol–water partition coefficient (Wildman–Crippen LogP) is 5.80. The van der Waals surface area contributed by atoms with Crippen molar-refractivity contribution in [3.63, 3.8) is 0 Å². The van der Waals surface area contributed by atoms with Crippen LogP contribution in [0.3, 0.4) is 0 Å². The number of fused-ring (bicyclic) bond motifs is 1. The van der Waals surface area contributed by atoms with Crippen LogP contribution >= 0.6 is 0 Å². The lowest BCUT2D eigenvalue weighted by Crippen LogP contribution is -2.54. The highest BCUT2D eigenvalue weighted by atomic mass is 19.4. The Bertz CT molecular complexity index is 1450. The van der Waals surface area contributed by atoms with Crippen LogP contribution < -0.4 is 9.64 Å². The van der Waals surface area contributed by atoms with Crippen molar-refractivity contribution in [2.24, 2.45) is 5.92 Å². The second-order valence-electron chi connectivity index (χ2n) is 12.8. The predicted molar refractivity (Wildman–Crippen MR) is 162 cm³/mol. The van der Waals surface area contributed by atoms with E-state index in [0.29, 0.717) is 57.0 Å². The number of ether oxygens (including phenoxy) is 1. The fourth-order valence-corrected chi connectivity index (χ4v) is 7.42. The van der Waals surface area contributed by atoms with Crippen LogP contribution in [0.15, 0.2) is 18.7 Å². The molecule has 3 aliphatic rings. The smallest absolute Gasteiger partial charge is 0.417 e. The minimum absolute atomic E-state index is 0.00272. The van der Waals surface area contributed by atoms with Crippen LogP contribution in [0.5, 0.6) is 6.01 Å². The van der Waals surface area contributed by atoms with E-state index in [4.69, 9.17) is 14.7 Å². The molecule has 3 heterocycles. The number of aromatic nitrogens is 2. The zero-order valence-corrected chi connectivity index (χ0v) is 26.6. The summed E-state index contributed by atoms with van der Waals surface area (Å²) in [6.07, 6.45) is -3.10. The molecule has 5 rings (SSSR count). The maximum atomic E-state index is 15.8. The number of rotatable bonds is 7. The Kier molecular flexibility index (Phi) is 9.45. The van der Waals surface area contributed by atoms with E-state index in [2.05, 4.69) is 11.5 Å². The van der Waals surface area contributed by atoms with Crippen LogP contribution in [-0.4, -0.2) is 83.8 Å². The molecule has 0 N–H and O–H groups in total. The molecular formula is C33H42F5N5O2. The summed E-state index contributed by atoms with van der Waals surface area (Å²) >= 11 is 0. The van der Waals surface area contributed by atoms with Gasteiger partial charge in [0.05, 0.1) is 11.3 Å². The maximum absolute atomic E-state index is 15.8. The number of hydrogen-bond donors (Lipinski definition) is 0. The van der Waals surface area contributed by atoms with Crippen LogP contribution in [0, 0.1) is 25.6 Å². The third-order valence-electron chi connectivity index (χ3n) is 9.78. The minimum Gasteiger partial charge on any atom is -0.462 e. The van der Waals surface area contributed by atoms with Crippen LogP contribution in [0.4, 0.5) is 27.8 Å². The number of likely N-dealkylation sites (tertiary alicyclic amines) is 1. The molecule has 0 unspecified atom stereocenters. The fourth-order valence-electron chi connectivity index (χ4n) is 7.42. The summed E-state index contributed by atoms with van der Waals surface area (Å²) in [5, 5.41) is 0. The van der Waals surface area contributed by atoms with Gasteiger partial charge in [0.15, 0.2) is 0 Å². The van der Waals surface area contributed by atoms with Gasteiger partial charge < -0.3 is 14.5 Å². The van der Waals surface area contributed by atoms with Gasteiger partial charge in [0, 0.05) is 49.4 Å². The summed E-state index contributed by atoms with van der Waals surface area (Å²) in [5.41, 5.74) is 0.294. The van der Waals surface area contributed by atoms with E-state index < -0.39 is 29.6 Å². The molecular weight excluding hydrogens is 593 g/mol. The number of piperazine rings is 1. The molecule has 246 valence electrons. The molecule has 5 atom stereocenters. The maximum Gasteiger partial charge on any atom is 0.417 e. The number of likely N-dealkylation sites (N-methyl/N-ethyl adjacent to an activating group) is 1. The summed E-state index contributed by atoms with van der Waals surface area (Å²) in [6, 6.07) is 1.01. The molecule has 2 aliphatic heterocycles. The summed E-state index contributed by atoms with van der Waals surface area (Å²) in [6.45, 7) is 12.2. The fraction of sp³-hybridized carbons (Fsp3) is 0.606. The van der Waals surface area contributed by atoms with Crippen molar-refractivity contribution >= 4 is 11.7 Å². The molecule has 2 fully saturated rings. The van der Waals surface area contributed by atoms with Crippen LogP contribution in [-0.2, 0) is 23.8 Å². The average Bonchev–Trinajstić information content (AvgIpc) is 3.31. The molecule has 0 bridgehead atoms. The van der Waals surface area contributed by atoms with E-state index in [1.54, 1.807) is 4.90 Å². The van der Waals surface area contributed by atoms with E-state index in [-0.39, 0.29) is 59.6 Å². The average molecular weight is 636 g/mol. The molecule has 7 nitrogen and oxygen atoms in total. The Hall–Kier alpha value is -3.28. The summed E-state index contributed by atoms with van der Waals surface area (Å²) in [4.78, 5) is 27.6. The highest BCUT2D eigenvalue weighted by molar-refractivity contribution is 5.87. The quantitative estimate of drug-likeness (QED) is 0.283. The van der Waals surface area contributed by atoms with Crippen molar-refractivity contribution in [1.29, 1.82) is 0 Å². The normalized spacial score (nSPS) is 25.8. The standard InChI is InChI=1S/C33H42F5N5O2/c1-7-21-12-25-26(14-24(21)28-29(33(36,37)38)18(3)11-19(4)30(28)35)39-32(45-17-23-13-22(34)16-41(23)6)40-31(25)43-10-9-42(15-20(43)5)27(44)8-2/h8,11,20-24H,2,7,9-10,12-17H2,1,3-6H3/t20-,21+,22+,23-,24+/m0/s1. The van der Waals surface area contributed by atoms with Gasteiger partial charge in [-0.15, -0.1) is 0 Å². The van der Waals surface area contributed by atoms with Crippen molar-refractivity contribution < 1.29 is 31.5 Å². The van der Waals surface area contributed by atoms with E-state index >= 15 is 4.39 Å². The first kappa shape index (κ1) is 33.1. The number of anilines is 1. The highest BCUT2D eigenvalue weighted by Crippen LogP contribution is 2.48. The molecule has 45 heavy (non-hydrogen) atoms. The minimum atomic E-state index is -4.73. The summed E-state index contributed by atoms with van der Waals surface area (Å²) in [5.74, 6) is -1.43. The van der Waals surface area contributed by atoms with Gasteiger partial charge in [-0.3, -0.25) is 9.69 Å². The highest BCUT2D eigenvalue weighted by Gasteiger charge is 2.43. The van der Waals surface area contributed by atoms with Crippen molar-refractivity contribution in [2.45, 2.75) is 83.7 Å². The number of alkyl halides is 4. The SMILES string of the molecule is C=CC(=O)N1CCN(c2nc(OC[C@@H]3C[C@@H](F)CN3C)nc3c2C[C@@H](CC)[C@H](c2c(F)c(C)cc(C)c2C(F)(F)F)C3)[C@@H](C)C1. The molecule has 2 saturated heterocycles. The number of amides is 1. The summed E-state index contributed by atoms with van der Waals surface area (Å²) < 4.78 is 79.3. The van der Waals surface area contributed by atoms with Crippen LogP contribution in [0.25, 0.3) is 0 Å². The lowest BCUT2D eigenvalue weighted by atomic mass is 9.71. The zero-order chi connectivity index (χ0) is 32.8. The van der Waals surface area contributed by atoms with Crippen LogP contribution in [0.2, 0.25) is 0 Å². The van der Waals surface area contributed by atoms with Crippen molar-refractivity contribution in [1.82, 2.24) is 19.8 Å². The van der Waals surface area contributed by atoms with Gasteiger partial charge in [-0.25, -0.2) is 8.78 Å². The van der Waals surface area contributed by atoms with E-state index in [0.717, 1.165) is 5.56 Å². The zero-order valence-electron chi connectivity index (χ0n) is 26.6. The first-order valence-corrected chi connectivity index (χ1v) is 15.6. The Morgan fingerprint density at radius 3 is 2.49 bits per heavy atom. The molecule has 1 aromatic carbocycles. The number of aryl methyl sites for hydroxylation is 2. The molecule has 1 aliphatic carbocycles. The van der Waals surface area contributed by atoms with Gasteiger partial charge in [0.25, 0.3) is 0 Å². The summed E-state index contributed by atoms with van der Waals surface area (Å²) in [7, 11) is 1.82. The van der Waals surface area contributed by atoms with Gasteiger partial charge in [0.2, 0.25) is 5.91 Å². The molecule has 12 heteroatoms. The molecule has 0 saturated carbocycles. The molecule has 2 aromatic rings. The molecule has 0 radical (unpaired) electrons. The van der Waals surface area contributed by atoms with Gasteiger partial charge in [0.1, 0.15) is 24.4 Å². The van der Waals surface area contributed by atoms with Gasteiger partial charge in [-0.05, 0) is 76.1 Å². The van der Waals surface area contributed by atoms with Crippen molar-refractivity contribution in [3.05, 3.63) is 58.0 Å². The first-order valence-electron chi connectivity index (χ1n) is 15.6. The monoisotopic (exact) mass is 635 g/mol. The van der Waals surface area contributed by atoms with Crippen molar-refractivity contribution in [3.8, 4) is 6.01 Å². The number of hydrogen-bond acceptors (Lipinski definition) is 6. The Morgan fingerprint density at radius 1 is 1.16 bits per heavy atom. The Labute approximate surface area is 261 Å². The third-order valence-corrected chi connectivity index (χ3v) is 9.78. The molecule has 1 aromatic heterocycles. The van der Waals surface area contributed by atoms with Gasteiger partial charge in [-0.2, -0.15) is 23.1 Å². The van der Waals surface area contributed by atoms with E-state index in [1.807, 2.05) is 25.8 Å². The number of benzene rings is 1. The van der Waals surface area contributed by atoms with Gasteiger partial charge in [-0.1, -0.05) is 26.0 Å². The third kappa shape index (κ3) is 6.53. The topological polar surface area (TPSA) is 61.8 Å². The van der Waals surface area contributed by atoms with Crippen LogP contribution in [0.1, 0.15) is 66.1 Å². The number of nitrogens with zero attached hydrogens (tertiary/aromatic N) is 5.